The van der Waals surface area contributed by atoms with Crippen molar-refractivity contribution in [1.82, 2.24) is 24.1 Å². The van der Waals surface area contributed by atoms with Gasteiger partial charge in [0, 0.05) is 49.0 Å². The molecule has 0 fully saturated rings. The lowest BCUT2D eigenvalue weighted by atomic mass is 9.99. The molecule has 294 valence electrons. The zero-order valence-corrected chi connectivity index (χ0v) is 33.9. The first-order valence-corrected chi connectivity index (χ1v) is 21.2. The molecule has 0 aliphatic heterocycles. The van der Waals surface area contributed by atoms with Crippen LogP contribution in [0.2, 0.25) is 0 Å². The first-order valence-electron chi connectivity index (χ1n) is 21.2. The van der Waals surface area contributed by atoms with Crippen molar-refractivity contribution in [3.8, 4) is 56.7 Å². The molecule has 4 heterocycles. The lowest BCUT2D eigenvalue weighted by Crippen LogP contribution is -2.07. The number of aromatic nitrogens is 5. The Labute approximate surface area is 361 Å². The summed E-state index contributed by atoms with van der Waals surface area (Å²) in [5.74, 6) is 1.69. The minimum Gasteiger partial charge on any atom is -0.456 e. The van der Waals surface area contributed by atoms with Crippen LogP contribution < -0.4 is 0 Å². The summed E-state index contributed by atoms with van der Waals surface area (Å²) in [6, 6.07) is 74.5. The number of rotatable bonds is 6. The molecule has 4 aromatic heterocycles. The molecule has 63 heavy (non-hydrogen) atoms. The van der Waals surface area contributed by atoms with Crippen LogP contribution in [-0.2, 0) is 0 Å². The van der Waals surface area contributed by atoms with Crippen LogP contribution >= 0.6 is 0 Å². The van der Waals surface area contributed by atoms with E-state index in [1.165, 1.54) is 16.5 Å². The van der Waals surface area contributed by atoms with Gasteiger partial charge in [-0.1, -0.05) is 182 Å². The molecular formula is C57H35N5O. The largest absolute Gasteiger partial charge is 0.456 e. The molecule has 0 radical (unpaired) electrons. The van der Waals surface area contributed by atoms with E-state index >= 15 is 0 Å². The highest BCUT2D eigenvalue weighted by Gasteiger charge is 2.25. The summed E-state index contributed by atoms with van der Waals surface area (Å²) in [5, 5.41) is 6.52. The van der Waals surface area contributed by atoms with Crippen LogP contribution in [0.5, 0.6) is 0 Å². The van der Waals surface area contributed by atoms with Gasteiger partial charge in [-0.2, -0.15) is 9.97 Å². The fourth-order valence-corrected chi connectivity index (χ4v) is 9.61. The predicted molar refractivity (Wildman–Crippen MR) is 258 cm³/mol. The maximum atomic E-state index is 6.37. The minimum absolute atomic E-state index is 0.531. The molecule has 0 saturated carbocycles. The van der Waals surface area contributed by atoms with Crippen molar-refractivity contribution in [3.63, 3.8) is 0 Å². The second-order valence-electron chi connectivity index (χ2n) is 15.9. The van der Waals surface area contributed by atoms with Gasteiger partial charge in [-0.25, -0.2) is 4.98 Å². The molecule has 0 aliphatic rings. The van der Waals surface area contributed by atoms with Gasteiger partial charge in [0.2, 0.25) is 5.95 Å². The maximum Gasteiger partial charge on any atom is 0.238 e. The summed E-state index contributed by atoms with van der Waals surface area (Å²) in [7, 11) is 0. The highest BCUT2D eigenvalue weighted by atomic mass is 16.3. The third-order valence-corrected chi connectivity index (χ3v) is 12.4. The Hall–Kier alpha value is -8.61. The van der Waals surface area contributed by atoms with Crippen molar-refractivity contribution in [1.29, 1.82) is 0 Å². The average Bonchev–Trinajstić information content (AvgIpc) is 4.02. The van der Waals surface area contributed by atoms with Gasteiger partial charge in [-0.3, -0.25) is 4.57 Å². The van der Waals surface area contributed by atoms with Gasteiger partial charge in [0.1, 0.15) is 11.2 Å². The van der Waals surface area contributed by atoms with Crippen LogP contribution in [0.15, 0.2) is 217 Å². The molecule has 0 atom stereocenters. The van der Waals surface area contributed by atoms with Crippen molar-refractivity contribution < 1.29 is 4.42 Å². The standard InChI is InChI=1S/C57H35N5O/c1-3-16-36(17-4-1)37-30-32-38(33-31-37)40-20-7-11-25-47(40)61-48-26-12-8-21-41(48)43-34-35-44-42-22-9-13-27-49(42)62(54(44)53(43)61)57-59-55(39-18-5-2-6-19-39)58-56(60-57)46-24-15-29-51-52(46)45-23-10-14-28-50(45)63-51/h1-35H. The molecule has 6 nitrogen and oxygen atoms in total. The van der Waals surface area contributed by atoms with Gasteiger partial charge in [-0.15, -0.1) is 0 Å². The molecule has 0 N–H and O–H groups in total. The summed E-state index contributed by atoms with van der Waals surface area (Å²) >= 11 is 0. The molecule has 0 aliphatic carbocycles. The lowest BCUT2D eigenvalue weighted by molar-refractivity contribution is 0.669. The van der Waals surface area contributed by atoms with E-state index in [2.05, 4.69) is 173 Å². The smallest absolute Gasteiger partial charge is 0.238 e. The van der Waals surface area contributed by atoms with Crippen LogP contribution in [0.25, 0.3) is 122 Å². The topological polar surface area (TPSA) is 61.7 Å². The molecular weight excluding hydrogens is 771 g/mol. The first kappa shape index (κ1) is 35.2. The summed E-state index contributed by atoms with van der Waals surface area (Å²) in [5.41, 5.74) is 13.3. The van der Waals surface area contributed by atoms with E-state index in [-0.39, 0.29) is 0 Å². The number of para-hydroxylation sites is 4. The van der Waals surface area contributed by atoms with Crippen LogP contribution in [-0.4, -0.2) is 24.1 Å². The zero-order valence-electron chi connectivity index (χ0n) is 33.9. The number of benzene rings is 9. The third kappa shape index (κ3) is 5.48. The second-order valence-corrected chi connectivity index (χ2v) is 15.9. The highest BCUT2D eigenvalue weighted by Crippen LogP contribution is 2.44. The average molecular weight is 806 g/mol. The van der Waals surface area contributed by atoms with Crippen molar-refractivity contribution in [2.45, 2.75) is 0 Å². The molecule has 6 heteroatoms. The summed E-state index contributed by atoms with van der Waals surface area (Å²) in [6.07, 6.45) is 0. The van der Waals surface area contributed by atoms with Crippen LogP contribution in [0.4, 0.5) is 0 Å². The van der Waals surface area contributed by atoms with E-state index in [0.717, 1.165) is 88.1 Å². The molecule has 0 bridgehead atoms. The Morgan fingerprint density at radius 3 is 1.59 bits per heavy atom. The minimum atomic E-state index is 0.531. The van der Waals surface area contributed by atoms with E-state index < -0.39 is 0 Å². The predicted octanol–water partition coefficient (Wildman–Crippen LogP) is 14.6. The van der Waals surface area contributed by atoms with Gasteiger partial charge >= 0.3 is 0 Å². The van der Waals surface area contributed by atoms with Crippen molar-refractivity contribution in [3.05, 3.63) is 212 Å². The first-order chi connectivity index (χ1) is 31.3. The van der Waals surface area contributed by atoms with Crippen molar-refractivity contribution in [2.75, 3.05) is 0 Å². The number of hydrogen-bond acceptors (Lipinski definition) is 4. The van der Waals surface area contributed by atoms with Crippen molar-refractivity contribution in [2.24, 2.45) is 0 Å². The fraction of sp³-hybridized carbons (Fsp3) is 0. The Morgan fingerprint density at radius 1 is 0.317 bits per heavy atom. The van der Waals surface area contributed by atoms with E-state index in [9.17, 15) is 0 Å². The summed E-state index contributed by atoms with van der Waals surface area (Å²) in [4.78, 5) is 16.1. The van der Waals surface area contributed by atoms with Crippen LogP contribution in [0, 0.1) is 0 Å². The molecule has 0 spiro atoms. The summed E-state index contributed by atoms with van der Waals surface area (Å²) in [6.45, 7) is 0. The zero-order chi connectivity index (χ0) is 41.4. The SMILES string of the molecule is c1ccc(-c2ccc(-c3ccccc3-n3c4ccccc4c4ccc5c6ccccc6n(-c6nc(-c7ccccc7)nc(-c7cccc8oc9ccccc9c78)n6)c5c43)cc2)cc1. The van der Waals surface area contributed by atoms with Crippen molar-refractivity contribution >= 4 is 65.6 Å². The Bertz CT molecular complexity index is 3900. The number of hydrogen-bond donors (Lipinski definition) is 0. The molecule has 9 aromatic carbocycles. The normalized spacial score (nSPS) is 11.8. The molecule has 13 rings (SSSR count). The van der Waals surface area contributed by atoms with E-state index in [1.54, 1.807) is 0 Å². The summed E-state index contributed by atoms with van der Waals surface area (Å²) < 4.78 is 11.1. The Morgan fingerprint density at radius 2 is 0.841 bits per heavy atom. The number of nitrogens with zero attached hydrogens (tertiary/aromatic N) is 5. The number of fused-ring (bicyclic) bond motifs is 10. The second kappa shape index (κ2) is 14.0. The van der Waals surface area contributed by atoms with Crippen LogP contribution in [0.1, 0.15) is 0 Å². The van der Waals surface area contributed by atoms with E-state index in [1.807, 2.05) is 48.5 Å². The molecule has 0 amide bonds. The fourth-order valence-electron chi connectivity index (χ4n) is 9.61. The molecule has 0 unspecified atom stereocenters. The van der Waals surface area contributed by atoms with E-state index in [4.69, 9.17) is 19.4 Å². The monoisotopic (exact) mass is 805 g/mol. The molecule has 13 aromatic rings. The highest BCUT2D eigenvalue weighted by molar-refractivity contribution is 6.24. The maximum absolute atomic E-state index is 6.37. The quantitative estimate of drug-likeness (QED) is 0.168. The third-order valence-electron chi connectivity index (χ3n) is 12.4. The molecule has 0 saturated heterocycles. The van der Waals surface area contributed by atoms with Gasteiger partial charge in [0.25, 0.3) is 0 Å². The van der Waals surface area contributed by atoms with Gasteiger partial charge in [0.15, 0.2) is 11.6 Å². The van der Waals surface area contributed by atoms with Gasteiger partial charge < -0.3 is 8.98 Å². The Balaban J connectivity index is 1.13. The van der Waals surface area contributed by atoms with Gasteiger partial charge in [0.05, 0.1) is 27.8 Å². The van der Waals surface area contributed by atoms with Gasteiger partial charge in [-0.05, 0) is 47.0 Å². The van der Waals surface area contributed by atoms with E-state index in [0.29, 0.717) is 17.6 Å². The lowest BCUT2D eigenvalue weighted by Gasteiger charge is -2.16. The number of furan rings is 1. The Kier molecular flexibility index (Phi) is 7.80. The van der Waals surface area contributed by atoms with Crippen LogP contribution in [0.3, 0.4) is 0 Å².